The molecule has 5 nitrogen and oxygen atoms in total. The Hall–Kier alpha value is -2.24. The molecule has 0 fully saturated rings. The number of benzene rings is 2. The van der Waals surface area contributed by atoms with Crippen LogP contribution in [0.5, 0.6) is 17.2 Å². The van der Waals surface area contributed by atoms with Gasteiger partial charge in [-0.25, -0.2) is 0 Å². The van der Waals surface area contributed by atoms with Crippen molar-refractivity contribution in [3.8, 4) is 17.2 Å². The van der Waals surface area contributed by atoms with Crippen molar-refractivity contribution in [2.24, 2.45) is 0 Å². The number of nitrogens with one attached hydrogen (secondary N) is 1. The summed E-state index contributed by atoms with van der Waals surface area (Å²) in [6.07, 6.45) is 0. The number of methoxy groups -OCH3 is 3. The first kappa shape index (κ1) is 21.1. The maximum Gasteiger partial charge on any atom is 0.203 e. The maximum absolute atomic E-state index is 5.86. The molecule has 1 N–H and O–H groups in total. The van der Waals surface area contributed by atoms with E-state index in [-0.39, 0.29) is 5.60 Å². The zero-order chi connectivity index (χ0) is 19.9. The molecule has 0 amide bonds. The van der Waals surface area contributed by atoms with Crippen molar-refractivity contribution < 1.29 is 18.9 Å². The van der Waals surface area contributed by atoms with Gasteiger partial charge in [0.15, 0.2) is 11.5 Å². The second kappa shape index (κ2) is 9.62. The van der Waals surface area contributed by atoms with Gasteiger partial charge in [-0.1, -0.05) is 30.3 Å². The summed E-state index contributed by atoms with van der Waals surface area (Å²) >= 11 is 0. The molecule has 0 aliphatic carbocycles. The molecule has 5 heteroatoms. The quantitative estimate of drug-likeness (QED) is 0.709. The smallest absolute Gasteiger partial charge is 0.203 e. The van der Waals surface area contributed by atoms with Crippen molar-refractivity contribution in [2.45, 2.75) is 46.1 Å². The fourth-order valence-electron chi connectivity index (χ4n) is 2.77. The Morgan fingerprint density at radius 1 is 0.815 bits per heavy atom. The molecule has 0 unspecified atom stereocenters. The monoisotopic (exact) mass is 373 g/mol. The molecule has 0 aromatic heterocycles. The highest BCUT2D eigenvalue weighted by atomic mass is 16.5. The molecule has 0 saturated heterocycles. The van der Waals surface area contributed by atoms with Crippen LogP contribution in [0.15, 0.2) is 36.4 Å². The van der Waals surface area contributed by atoms with Crippen LogP contribution in [0, 0.1) is 0 Å². The minimum Gasteiger partial charge on any atom is -0.493 e. The summed E-state index contributed by atoms with van der Waals surface area (Å²) in [5.74, 6) is 1.96. The fraction of sp³-hybridized carbons (Fsp3) is 0.455. The lowest BCUT2D eigenvalue weighted by Gasteiger charge is -2.19. The van der Waals surface area contributed by atoms with Crippen LogP contribution < -0.4 is 19.5 Å². The van der Waals surface area contributed by atoms with Gasteiger partial charge < -0.3 is 24.3 Å². The topological polar surface area (TPSA) is 49.0 Å². The Balaban J connectivity index is 2.00. The highest BCUT2D eigenvalue weighted by molar-refractivity contribution is 5.55. The molecular weight excluding hydrogens is 342 g/mol. The third kappa shape index (κ3) is 6.15. The molecule has 0 spiro atoms. The Morgan fingerprint density at radius 2 is 1.52 bits per heavy atom. The number of hydrogen-bond donors (Lipinski definition) is 1. The van der Waals surface area contributed by atoms with Crippen molar-refractivity contribution in [1.29, 1.82) is 0 Å². The van der Waals surface area contributed by atoms with Crippen LogP contribution in [0.1, 0.15) is 37.5 Å². The molecule has 0 atom stereocenters. The minimum absolute atomic E-state index is 0.141. The van der Waals surface area contributed by atoms with Crippen LogP contribution in [0.4, 0.5) is 0 Å². The molecule has 0 heterocycles. The van der Waals surface area contributed by atoms with E-state index in [0.717, 1.165) is 12.1 Å². The summed E-state index contributed by atoms with van der Waals surface area (Å²) in [5.41, 5.74) is 3.26. The van der Waals surface area contributed by atoms with E-state index in [1.54, 1.807) is 21.3 Å². The first-order valence-corrected chi connectivity index (χ1v) is 9.08. The van der Waals surface area contributed by atoms with Crippen LogP contribution >= 0.6 is 0 Å². The normalized spacial score (nSPS) is 11.3. The van der Waals surface area contributed by atoms with Crippen LogP contribution in [0.25, 0.3) is 0 Å². The lowest BCUT2D eigenvalue weighted by atomic mass is 10.1. The second-order valence-electron chi connectivity index (χ2n) is 7.32. The van der Waals surface area contributed by atoms with Gasteiger partial charge in [0.25, 0.3) is 0 Å². The molecule has 2 rings (SSSR count). The molecular formula is C22H31NO4. The summed E-state index contributed by atoms with van der Waals surface area (Å²) in [5, 5.41) is 3.46. The average Bonchev–Trinajstić information content (AvgIpc) is 2.65. The largest absolute Gasteiger partial charge is 0.493 e. The minimum atomic E-state index is -0.141. The van der Waals surface area contributed by atoms with Gasteiger partial charge in [0.2, 0.25) is 5.75 Å². The Morgan fingerprint density at radius 3 is 2.15 bits per heavy atom. The molecule has 0 aliphatic heterocycles. The average molecular weight is 373 g/mol. The molecule has 0 saturated carbocycles. The highest BCUT2D eigenvalue weighted by Crippen LogP contribution is 2.39. The summed E-state index contributed by atoms with van der Waals surface area (Å²) in [4.78, 5) is 0. The van der Waals surface area contributed by atoms with E-state index >= 15 is 0 Å². The Labute approximate surface area is 162 Å². The zero-order valence-corrected chi connectivity index (χ0v) is 17.2. The zero-order valence-electron chi connectivity index (χ0n) is 17.2. The van der Waals surface area contributed by atoms with Gasteiger partial charge >= 0.3 is 0 Å². The predicted octanol–water partition coefficient (Wildman–Crippen LogP) is 4.32. The molecule has 148 valence electrons. The van der Waals surface area contributed by atoms with Crippen LogP contribution in [-0.2, 0) is 24.4 Å². The first-order valence-electron chi connectivity index (χ1n) is 9.08. The van der Waals surface area contributed by atoms with Crippen molar-refractivity contribution in [3.05, 3.63) is 53.1 Å². The lowest BCUT2D eigenvalue weighted by molar-refractivity contribution is -0.0149. The van der Waals surface area contributed by atoms with E-state index in [1.165, 1.54) is 11.1 Å². The van der Waals surface area contributed by atoms with E-state index in [4.69, 9.17) is 18.9 Å². The molecule has 0 aliphatic rings. The van der Waals surface area contributed by atoms with Gasteiger partial charge in [-0.15, -0.1) is 0 Å². The Kier molecular flexibility index (Phi) is 7.51. The lowest BCUT2D eigenvalue weighted by Crippen LogP contribution is -2.19. The van der Waals surface area contributed by atoms with Crippen molar-refractivity contribution in [3.63, 3.8) is 0 Å². The van der Waals surface area contributed by atoms with Crippen molar-refractivity contribution in [2.75, 3.05) is 21.3 Å². The van der Waals surface area contributed by atoms with E-state index in [9.17, 15) is 0 Å². The van der Waals surface area contributed by atoms with E-state index in [0.29, 0.717) is 30.4 Å². The molecule has 0 bridgehead atoms. The molecule has 2 aromatic rings. The summed E-state index contributed by atoms with van der Waals surface area (Å²) < 4.78 is 22.2. The standard InChI is InChI=1S/C22H31NO4/c1-22(2,3)27-15-17-9-7-8-16(12-17)13-23-14-18-10-11-19(24-4)21(26-6)20(18)25-5/h7-12,23H,13-15H2,1-6H3. The number of ether oxygens (including phenoxy) is 4. The van der Waals surface area contributed by atoms with Gasteiger partial charge in [0.05, 0.1) is 33.5 Å². The van der Waals surface area contributed by atoms with E-state index in [1.807, 2.05) is 12.1 Å². The third-order valence-corrected chi connectivity index (χ3v) is 4.09. The fourth-order valence-corrected chi connectivity index (χ4v) is 2.77. The van der Waals surface area contributed by atoms with Crippen molar-refractivity contribution >= 4 is 0 Å². The third-order valence-electron chi connectivity index (χ3n) is 4.09. The van der Waals surface area contributed by atoms with Gasteiger partial charge in [-0.3, -0.25) is 0 Å². The first-order chi connectivity index (χ1) is 12.9. The summed E-state index contributed by atoms with van der Waals surface area (Å²) in [6, 6.07) is 12.3. The number of hydrogen-bond acceptors (Lipinski definition) is 5. The Bertz CT molecular complexity index is 738. The van der Waals surface area contributed by atoms with Crippen LogP contribution in [0.2, 0.25) is 0 Å². The molecule has 0 radical (unpaired) electrons. The van der Waals surface area contributed by atoms with Gasteiger partial charge in [0.1, 0.15) is 0 Å². The van der Waals surface area contributed by atoms with E-state index < -0.39 is 0 Å². The molecule has 27 heavy (non-hydrogen) atoms. The highest BCUT2D eigenvalue weighted by Gasteiger charge is 2.15. The van der Waals surface area contributed by atoms with Gasteiger partial charge in [0, 0.05) is 18.7 Å². The van der Waals surface area contributed by atoms with Crippen molar-refractivity contribution in [1.82, 2.24) is 5.32 Å². The molecule has 2 aromatic carbocycles. The summed E-state index contributed by atoms with van der Waals surface area (Å²) in [7, 11) is 4.87. The van der Waals surface area contributed by atoms with Gasteiger partial charge in [-0.2, -0.15) is 0 Å². The predicted molar refractivity (Wildman–Crippen MR) is 108 cm³/mol. The maximum atomic E-state index is 5.86. The second-order valence-corrected chi connectivity index (χ2v) is 7.32. The number of rotatable bonds is 9. The van der Waals surface area contributed by atoms with E-state index in [2.05, 4.69) is 50.4 Å². The van der Waals surface area contributed by atoms with Crippen LogP contribution in [-0.4, -0.2) is 26.9 Å². The summed E-state index contributed by atoms with van der Waals surface area (Å²) in [6.45, 7) is 8.21. The van der Waals surface area contributed by atoms with Crippen LogP contribution in [0.3, 0.4) is 0 Å². The SMILES string of the molecule is COc1ccc(CNCc2cccc(COC(C)(C)C)c2)c(OC)c1OC. The van der Waals surface area contributed by atoms with Gasteiger partial charge in [-0.05, 0) is 38.0 Å².